The Morgan fingerprint density at radius 1 is 1.00 bits per heavy atom. The van der Waals surface area contributed by atoms with Crippen molar-refractivity contribution in [3.63, 3.8) is 0 Å². The molecule has 1 N–H and O–H groups in total. The Balaban J connectivity index is 3.63. The van der Waals surface area contributed by atoms with E-state index in [-0.39, 0.29) is 5.92 Å². The first-order valence-corrected chi connectivity index (χ1v) is 8.55. The van der Waals surface area contributed by atoms with E-state index in [0.29, 0.717) is 6.61 Å². The summed E-state index contributed by atoms with van der Waals surface area (Å²) in [6, 6.07) is 0. The summed E-state index contributed by atoms with van der Waals surface area (Å²) < 4.78 is 5.36. The summed E-state index contributed by atoms with van der Waals surface area (Å²) in [4.78, 5) is 11.2. The lowest BCUT2D eigenvalue weighted by atomic mass is 9.95. The molecule has 21 heavy (non-hydrogen) atoms. The van der Waals surface area contributed by atoms with Crippen LogP contribution in [0.4, 0.5) is 0 Å². The quantitative estimate of drug-likeness (QED) is 0.338. The van der Waals surface area contributed by atoms with Crippen LogP contribution in [0.15, 0.2) is 11.8 Å². The average molecular weight is 298 g/mol. The van der Waals surface area contributed by atoms with Gasteiger partial charge in [0.15, 0.2) is 0 Å². The number of carboxylic acid groups (broad SMARTS) is 1. The van der Waals surface area contributed by atoms with Crippen LogP contribution in [-0.4, -0.2) is 17.7 Å². The summed E-state index contributed by atoms with van der Waals surface area (Å²) in [5.74, 6) is -0.798. The zero-order valence-electron chi connectivity index (χ0n) is 14.2. The maximum atomic E-state index is 11.2. The number of carboxylic acids is 1. The predicted octanol–water partition coefficient (Wildman–Crippen LogP) is 5.55. The van der Waals surface area contributed by atoms with Crippen LogP contribution in [0.3, 0.4) is 0 Å². The monoisotopic (exact) mass is 298 g/mol. The molecule has 0 spiro atoms. The molecule has 0 heterocycles. The van der Waals surface area contributed by atoms with E-state index in [1.54, 1.807) is 6.26 Å². The van der Waals surface area contributed by atoms with Crippen molar-refractivity contribution in [3.05, 3.63) is 11.8 Å². The second-order valence-corrected chi connectivity index (χ2v) is 6.15. The highest BCUT2D eigenvalue weighted by Gasteiger charge is 2.16. The summed E-state index contributed by atoms with van der Waals surface area (Å²) in [5, 5.41) is 9.25. The van der Waals surface area contributed by atoms with Crippen LogP contribution >= 0.6 is 0 Å². The smallest absolute Gasteiger partial charge is 0.306 e. The third kappa shape index (κ3) is 13.7. The highest BCUT2D eigenvalue weighted by molar-refractivity contribution is 5.69. The first kappa shape index (κ1) is 20.0. The van der Waals surface area contributed by atoms with Gasteiger partial charge in [-0.3, -0.25) is 4.79 Å². The molecule has 124 valence electrons. The summed E-state index contributed by atoms with van der Waals surface area (Å²) in [7, 11) is 0. The summed E-state index contributed by atoms with van der Waals surface area (Å²) in [6.45, 7) is 6.90. The summed E-state index contributed by atoms with van der Waals surface area (Å²) >= 11 is 0. The average Bonchev–Trinajstić information content (AvgIpc) is 2.43. The minimum absolute atomic E-state index is 0.167. The molecule has 0 radical (unpaired) electrons. The number of carbonyl (C=O) groups is 1. The number of unbranched alkanes of at least 4 members (excludes halogenated alkanes) is 6. The number of aliphatic carboxylic acids is 1. The predicted molar refractivity (Wildman–Crippen MR) is 88.4 cm³/mol. The Kier molecular flexibility index (Phi) is 13.3. The minimum atomic E-state index is -0.631. The van der Waals surface area contributed by atoms with Crippen molar-refractivity contribution in [2.75, 3.05) is 6.61 Å². The van der Waals surface area contributed by atoms with Gasteiger partial charge in [0.2, 0.25) is 0 Å². The molecule has 0 saturated heterocycles. The molecule has 0 amide bonds. The molecule has 0 rings (SSSR count). The van der Waals surface area contributed by atoms with Crippen LogP contribution in [0, 0.1) is 5.92 Å². The fraction of sp³-hybridized carbons (Fsp3) is 0.833. The molecular weight excluding hydrogens is 264 g/mol. The Morgan fingerprint density at radius 2 is 1.57 bits per heavy atom. The Labute approximate surface area is 130 Å². The number of hydrogen-bond acceptors (Lipinski definition) is 2. The number of hydrogen-bond donors (Lipinski definition) is 1. The minimum Gasteiger partial charge on any atom is -0.501 e. The molecule has 0 aromatic heterocycles. The summed E-state index contributed by atoms with van der Waals surface area (Å²) in [5.41, 5.74) is 1.15. The van der Waals surface area contributed by atoms with Gasteiger partial charge in [0.1, 0.15) is 0 Å². The molecule has 0 aliphatic carbocycles. The molecule has 3 nitrogen and oxygen atoms in total. The van der Waals surface area contributed by atoms with Crippen LogP contribution in [0.25, 0.3) is 0 Å². The number of ether oxygens (including phenoxy) is 1. The van der Waals surface area contributed by atoms with E-state index in [2.05, 4.69) is 6.92 Å². The van der Waals surface area contributed by atoms with Gasteiger partial charge in [-0.2, -0.15) is 0 Å². The van der Waals surface area contributed by atoms with Gasteiger partial charge in [0.05, 0.1) is 18.8 Å². The fourth-order valence-electron chi connectivity index (χ4n) is 2.36. The molecule has 0 aliphatic heterocycles. The maximum Gasteiger partial charge on any atom is 0.306 e. The molecule has 0 aliphatic rings. The maximum absolute atomic E-state index is 11.2. The standard InChI is InChI=1S/C18H34O3/c1-4-5-6-7-8-9-12-17(18(19)20)13-10-11-14-21-15-16(2)3/h15,17H,4-14H2,1-3H3,(H,19,20). The normalized spacial score (nSPS) is 12.0. The second kappa shape index (κ2) is 14.0. The van der Waals surface area contributed by atoms with Gasteiger partial charge in [0.25, 0.3) is 0 Å². The Morgan fingerprint density at radius 3 is 2.14 bits per heavy atom. The van der Waals surface area contributed by atoms with E-state index in [1.807, 2.05) is 13.8 Å². The molecule has 0 aromatic carbocycles. The largest absolute Gasteiger partial charge is 0.501 e. The topological polar surface area (TPSA) is 46.5 Å². The van der Waals surface area contributed by atoms with Crippen LogP contribution < -0.4 is 0 Å². The van der Waals surface area contributed by atoms with E-state index >= 15 is 0 Å². The van der Waals surface area contributed by atoms with E-state index in [4.69, 9.17) is 4.74 Å². The molecule has 1 unspecified atom stereocenters. The van der Waals surface area contributed by atoms with Gasteiger partial charge in [-0.1, -0.05) is 45.4 Å². The molecular formula is C18H34O3. The van der Waals surface area contributed by atoms with E-state index in [1.165, 1.54) is 32.1 Å². The first-order chi connectivity index (χ1) is 10.1. The molecule has 0 bridgehead atoms. The zero-order valence-corrected chi connectivity index (χ0v) is 14.2. The van der Waals surface area contributed by atoms with E-state index in [9.17, 15) is 9.90 Å². The van der Waals surface area contributed by atoms with Crippen LogP contribution in [0.1, 0.15) is 85.0 Å². The van der Waals surface area contributed by atoms with Crippen molar-refractivity contribution in [1.29, 1.82) is 0 Å². The third-order valence-corrected chi connectivity index (χ3v) is 3.64. The van der Waals surface area contributed by atoms with Gasteiger partial charge in [-0.05, 0) is 45.1 Å². The van der Waals surface area contributed by atoms with Gasteiger partial charge >= 0.3 is 5.97 Å². The van der Waals surface area contributed by atoms with Crippen LogP contribution in [0.2, 0.25) is 0 Å². The summed E-state index contributed by atoms with van der Waals surface area (Å²) in [6.07, 6.45) is 12.6. The van der Waals surface area contributed by atoms with Crippen molar-refractivity contribution in [1.82, 2.24) is 0 Å². The van der Waals surface area contributed by atoms with Gasteiger partial charge in [0, 0.05) is 0 Å². The lowest BCUT2D eigenvalue weighted by Crippen LogP contribution is -2.13. The van der Waals surface area contributed by atoms with Crippen molar-refractivity contribution in [2.45, 2.75) is 85.0 Å². The van der Waals surface area contributed by atoms with Crippen LogP contribution in [-0.2, 0) is 9.53 Å². The highest BCUT2D eigenvalue weighted by atomic mass is 16.5. The first-order valence-electron chi connectivity index (χ1n) is 8.55. The van der Waals surface area contributed by atoms with Gasteiger partial charge in [-0.25, -0.2) is 0 Å². The molecule has 0 saturated carbocycles. The Hall–Kier alpha value is -0.990. The SMILES string of the molecule is CCCCCCCCC(CCCCOC=C(C)C)C(=O)O. The fourth-order valence-corrected chi connectivity index (χ4v) is 2.36. The zero-order chi connectivity index (χ0) is 15.9. The van der Waals surface area contributed by atoms with Crippen molar-refractivity contribution in [3.8, 4) is 0 Å². The molecule has 0 fully saturated rings. The van der Waals surface area contributed by atoms with Crippen LogP contribution in [0.5, 0.6) is 0 Å². The third-order valence-electron chi connectivity index (χ3n) is 3.64. The van der Waals surface area contributed by atoms with E-state index in [0.717, 1.165) is 37.7 Å². The van der Waals surface area contributed by atoms with Gasteiger partial charge < -0.3 is 9.84 Å². The Bertz CT molecular complexity index is 280. The van der Waals surface area contributed by atoms with E-state index < -0.39 is 5.97 Å². The second-order valence-electron chi connectivity index (χ2n) is 6.15. The molecule has 0 aromatic rings. The van der Waals surface area contributed by atoms with Crippen molar-refractivity contribution >= 4 is 5.97 Å². The molecule has 1 atom stereocenters. The van der Waals surface area contributed by atoms with Crippen molar-refractivity contribution in [2.24, 2.45) is 5.92 Å². The van der Waals surface area contributed by atoms with Gasteiger partial charge in [-0.15, -0.1) is 0 Å². The molecule has 3 heteroatoms. The highest BCUT2D eigenvalue weighted by Crippen LogP contribution is 2.18. The lowest BCUT2D eigenvalue weighted by molar-refractivity contribution is -0.142. The lowest BCUT2D eigenvalue weighted by Gasteiger charge is -2.12. The number of rotatable bonds is 14. The van der Waals surface area contributed by atoms with Crippen molar-refractivity contribution < 1.29 is 14.6 Å². The number of allylic oxidation sites excluding steroid dienone is 1.